The minimum absolute atomic E-state index is 0.0352. The highest BCUT2D eigenvalue weighted by Crippen LogP contribution is 2.49. The predicted molar refractivity (Wildman–Crippen MR) is 71.1 cm³/mol. The molecule has 1 N–H and O–H groups in total. The highest BCUT2D eigenvalue weighted by Gasteiger charge is 2.50. The summed E-state index contributed by atoms with van der Waals surface area (Å²) in [6.07, 6.45) is 7.98. The minimum atomic E-state index is -0.396. The lowest BCUT2D eigenvalue weighted by molar-refractivity contribution is -0.107. The molecule has 3 fully saturated rings. The first kappa shape index (κ1) is 12.1. The van der Waals surface area contributed by atoms with E-state index in [2.05, 4.69) is 16.8 Å². The van der Waals surface area contributed by atoms with Crippen molar-refractivity contribution in [3.05, 3.63) is 30.1 Å². The van der Waals surface area contributed by atoms with Crippen LogP contribution in [0.15, 0.2) is 24.5 Å². The molecule has 1 aliphatic carbocycles. The molecule has 2 bridgehead atoms. The Bertz CT molecular complexity index is 398. The van der Waals surface area contributed by atoms with Crippen molar-refractivity contribution >= 4 is 0 Å². The van der Waals surface area contributed by atoms with Crippen LogP contribution in [0.25, 0.3) is 0 Å². The molecule has 2 aliphatic heterocycles. The van der Waals surface area contributed by atoms with E-state index < -0.39 is 6.10 Å². The van der Waals surface area contributed by atoms with Crippen LogP contribution in [0, 0.1) is 5.92 Å². The van der Waals surface area contributed by atoms with Crippen molar-refractivity contribution in [1.82, 2.24) is 9.88 Å². The Kier molecular flexibility index (Phi) is 3.12. The molecule has 1 aromatic heterocycles. The summed E-state index contributed by atoms with van der Waals surface area (Å²) >= 11 is 0. The molecule has 2 saturated heterocycles. The summed E-state index contributed by atoms with van der Waals surface area (Å²) in [6, 6.07) is 3.92. The van der Waals surface area contributed by atoms with E-state index in [1.807, 2.05) is 18.3 Å². The molecule has 0 radical (unpaired) electrons. The second-order valence-electron chi connectivity index (χ2n) is 5.77. The fraction of sp³-hybridized carbons (Fsp3) is 0.667. The summed E-state index contributed by atoms with van der Waals surface area (Å²) in [4.78, 5) is 6.65. The molecule has 0 spiro atoms. The second-order valence-corrected chi connectivity index (χ2v) is 5.77. The summed E-state index contributed by atoms with van der Waals surface area (Å²) < 4.78 is 0. The Morgan fingerprint density at radius 2 is 2.28 bits per heavy atom. The third kappa shape index (κ3) is 1.77. The SMILES string of the molecule is CCN1CC2CCC1(C(O)c1cccnc1)CC2. The highest BCUT2D eigenvalue weighted by atomic mass is 16.3. The Hall–Kier alpha value is -0.930. The zero-order chi connectivity index (χ0) is 12.6. The number of likely N-dealkylation sites (N-methyl/N-ethyl adjacent to an activating group) is 1. The largest absolute Gasteiger partial charge is 0.386 e. The van der Waals surface area contributed by atoms with Gasteiger partial charge in [-0.3, -0.25) is 9.88 Å². The van der Waals surface area contributed by atoms with Crippen LogP contribution in [0.1, 0.15) is 44.3 Å². The van der Waals surface area contributed by atoms with Crippen LogP contribution in [-0.4, -0.2) is 33.6 Å². The number of aromatic nitrogens is 1. The van der Waals surface area contributed by atoms with Gasteiger partial charge >= 0.3 is 0 Å². The van der Waals surface area contributed by atoms with Gasteiger partial charge in [0.25, 0.3) is 0 Å². The van der Waals surface area contributed by atoms with E-state index in [1.165, 1.54) is 12.8 Å². The zero-order valence-electron chi connectivity index (χ0n) is 11.0. The molecular weight excluding hydrogens is 224 g/mol. The van der Waals surface area contributed by atoms with Crippen molar-refractivity contribution in [2.75, 3.05) is 13.1 Å². The lowest BCUT2D eigenvalue weighted by Crippen LogP contribution is -2.61. The van der Waals surface area contributed by atoms with E-state index in [1.54, 1.807) is 6.20 Å². The molecule has 3 nitrogen and oxygen atoms in total. The van der Waals surface area contributed by atoms with Gasteiger partial charge in [0.15, 0.2) is 0 Å². The quantitative estimate of drug-likeness (QED) is 0.889. The maximum atomic E-state index is 10.8. The smallest absolute Gasteiger partial charge is 0.0988 e. The molecule has 98 valence electrons. The van der Waals surface area contributed by atoms with Gasteiger partial charge in [0.2, 0.25) is 0 Å². The maximum absolute atomic E-state index is 10.8. The summed E-state index contributed by atoms with van der Waals surface area (Å²) in [5, 5.41) is 10.8. The minimum Gasteiger partial charge on any atom is -0.386 e. The summed E-state index contributed by atoms with van der Waals surface area (Å²) in [5.41, 5.74) is 0.934. The van der Waals surface area contributed by atoms with Crippen LogP contribution in [0.3, 0.4) is 0 Å². The third-order valence-electron chi connectivity index (χ3n) is 4.97. The molecule has 3 heterocycles. The van der Waals surface area contributed by atoms with Gasteiger partial charge in [-0.1, -0.05) is 13.0 Å². The zero-order valence-corrected chi connectivity index (χ0v) is 11.0. The van der Waals surface area contributed by atoms with Crippen molar-refractivity contribution in [1.29, 1.82) is 0 Å². The van der Waals surface area contributed by atoms with Gasteiger partial charge in [-0.25, -0.2) is 0 Å². The van der Waals surface area contributed by atoms with Crippen LogP contribution in [0.2, 0.25) is 0 Å². The van der Waals surface area contributed by atoms with Gasteiger partial charge in [-0.2, -0.15) is 0 Å². The standard InChI is InChI=1S/C15H22N2O/c1-2-17-11-12-5-7-15(17,8-6-12)14(18)13-4-3-9-16-10-13/h3-4,9-10,12,14,18H,2,5-8,11H2,1H3. The Balaban J connectivity index is 1.92. The number of aliphatic hydroxyl groups excluding tert-OH is 1. The lowest BCUT2D eigenvalue weighted by atomic mass is 9.66. The van der Waals surface area contributed by atoms with Crippen LogP contribution in [-0.2, 0) is 0 Å². The number of hydrogen-bond acceptors (Lipinski definition) is 3. The van der Waals surface area contributed by atoms with Gasteiger partial charge in [0.05, 0.1) is 11.6 Å². The molecule has 0 amide bonds. The molecule has 3 heteroatoms. The third-order valence-corrected chi connectivity index (χ3v) is 4.97. The summed E-state index contributed by atoms with van der Waals surface area (Å²) in [5.74, 6) is 0.855. The normalized spacial score (nSPS) is 33.6. The predicted octanol–water partition coefficient (Wildman–Crippen LogP) is 2.38. The van der Waals surface area contributed by atoms with Crippen molar-refractivity contribution in [2.24, 2.45) is 5.92 Å². The molecule has 1 unspecified atom stereocenters. The number of hydrogen-bond donors (Lipinski definition) is 1. The Morgan fingerprint density at radius 1 is 1.50 bits per heavy atom. The van der Waals surface area contributed by atoms with Gasteiger partial charge < -0.3 is 5.11 Å². The van der Waals surface area contributed by atoms with Gasteiger partial charge in [0.1, 0.15) is 0 Å². The lowest BCUT2D eigenvalue weighted by Gasteiger charge is -2.56. The molecule has 18 heavy (non-hydrogen) atoms. The Morgan fingerprint density at radius 3 is 2.89 bits per heavy atom. The number of aliphatic hydroxyl groups is 1. The first-order chi connectivity index (χ1) is 8.76. The molecule has 4 rings (SSSR count). The fourth-order valence-corrected chi connectivity index (χ4v) is 3.91. The van der Waals surface area contributed by atoms with E-state index in [4.69, 9.17) is 0 Å². The molecule has 0 aromatic carbocycles. The van der Waals surface area contributed by atoms with E-state index in [9.17, 15) is 5.11 Å². The first-order valence-electron chi connectivity index (χ1n) is 7.09. The van der Waals surface area contributed by atoms with Crippen LogP contribution in [0.4, 0.5) is 0 Å². The average Bonchev–Trinajstić information content (AvgIpc) is 2.48. The summed E-state index contributed by atoms with van der Waals surface area (Å²) in [6.45, 7) is 4.40. The topological polar surface area (TPSA) is 36.4 Å². The van der Waals surface area contributed by atoms with Crippen LogP contribution in [0.5, 0.6) is 0 Å². The van der Waals surface area contributed by atoms with Gasteiger partial charge in [-0.15, -0.1) is 0 Å². The van der Waals surface area contributed by atoms with Gasteiger partial charge in [0, 0.05) is 24.5 Å². The van der Waals surface area contributed by atoms with Crippen LogP contribution < -0.4 is 0 Å². The number of piperidine rings is 2. The van der Waals surface area contributed by atoms with E-state index in [0.717, 1.165) is 37.4 Å². The molecular formula is C15H22N2O. The van der Waals surface area contributed by atoms with E-state index >= 15 is 0 Å². The monoisotopic (exact) mass is 246 g/mol. The van der Waals surface area contributed by atoms with Gasteiger partial charge in [-0.05, 0) is 44.2 Å². The molecule has 1 saturated carbocycles. The van der Waals surface area contributed by atoms with Crippen molar-refractivity contribution in [3.8, 4) is 0 Å². The van der Waals surface area contributed by atoms with Crippen LogP contribution >= 0.6 is 0 Å². The van der Waals surface area contributed by atoms with Crippen molar-refractivity contribution in [3.63, 3.8) is 0 Å². The molecule has 1 aromatic rings. The number of rotatable bonds is 3. The molecule has 1 atom stereocenters. The number of nitrogens with zero attached hydrogens (tertiary/aromatic N) is 2. The average molecular weight is 246 g/mol. The van der Waals surface area contributed by atoms with Crippen molar-refractivity contribution in [2.45, 2.75) is 44.2 Å². The van der Waals surface area contributed by atoms with Crippen molar-refractivity contribution < 1.29 is 5.11 Å². The number of pyridine rings is 1. The highest BCUT2D eigenvalue weighted by molar-refractivity contribution is 5.20. The second kappa shape index (κ2) is 4.63. The first-order valence-corrected chi connectivity index (χ1v) is 7.09. The van der Waals surface area contributed by atoms with E-state index in [-0.39, 0.29) is 5.54 Å². The fourth-order valence-electron chi connectivity index (χ4n) is 3.91. The number of fused-ring (bicyclic) bond motifs is 3. The summed E-state index contributed by atoms with van der Waals surface area (Å²) in [7, 11) is 0. The Labute approximate surface area is 109 Å². The van der Waals surface area contributed by atoms with E-state index in [0.29, 0.717) is 0 Å². The molecule has 3 aliphatic rings. The maximum Gasteiger partial charge on any atom is 0.0988 e.